The number of rotatable bonds is 4. The molecule has 2 aromatic rings. The zero-order valence-corrected chi connectivity index (χ0v) is 12.8. The fourth-order valence-corrected chi connectivity index (χ4v) is 2.37. The molecule has 0 amide bonds. The van der Waals surface area contributed by atoms with Crippen LogP contribution in [0, 0.1) is 0 Å². The Bertz CT molecular complexity index is 566. The van der Waals surface area contributed by atoms with Gasteiger partial charge in [0.2, 0.25) is 0 Å². The Balaban J connectivity index is 0.00000161. The standard InChI is InChI=1S/C18H19NO.ClH/c1-3-7-16(8-4-1)15-20-18-11-9-17(10-12-18)19-13-5-2-6-14-19;/h1-5,7-12H,6,13-15H2;1H. The highest BCUT2D eigenvalue weighted by atomic mass is 35.5. The first-order valence-corrected chi connectivity index (χ1v) is 7.08. The predicted molar refractivity (Wildman–Crippen MR) is 90.4 cm³/mol. The van der Waals surface area contributed by atoms with Crippen LogP contribution in [0.2, 0.25) is 0 Å². The minimum Gasteiger partial charge on any atom is -0.489 e. The molecule has 3 heteroatoms. The number of anilines is 1. The minimum absolute atomic E-state index is 0. The van der Waals surface area contributed by atoms with Gasteiger partial charge in [-0.25, -0.2) is 0 Å². The topological polar surface area (TPSA) is 12.5 Å². The average Bonchev–Trinajstić information content (AvgIpc) is 2.55. The number of hydrogen-bond donors (Lipinski definition) is 0. The largest absolute Gasteiger partial charge is 0.489 e. The molecule has 0 bridgehead atoms. The van der Waals surface area contributed by atoms with Gasteiger partial charge in [-0.2, -0.15) is 0 Å². The Labute approximate surface area is 132 Å². The van der Waals surface area contributed by atoms with Gasteiger partial charge in [0.25, 0.3) is 0 Å². The summed E-state index contributed by atoms with van der Waals surface area (Å²) in [5.74, 6) is 0.921. The molecule has 21 heavy (non-hydrogen) atoms. The molecule has 0 spiro atoms. The maximum absolute atomic E-state index is 5.80. The maximum atomic E-state index is 5.80. The molecule has 110 valence electrons. The summed E-state index contributed by atoms with van der Waals surface area (Å²) in [4.78, 5) is 2.38. The van der Waals surface area contributed by atoms with Crippen LogP contribution in [0.3, 0.4) is 0 Å². The predicted octanol–water partition coefficient (Wildman–Crippen LogP) is 4.45. The van der Waals surface area contributed by atoms with Crippen molar-refractivity contribution >= 4 is 18.1 Å². The van der Waals surface area contributed by atoms with Gasteiger partial charge in [-0.05, 0) is 36.2 Å². The van der Waals surface area contributed by atoms with E-state index >= 15 is 0 Å². The summed E-state index contributed by atoms with van der Waals surface area (Å²) >= 11 is 0. The molecule has 0 saturated heterocycles. The molecule has 1 heterocycles. The second kappa shape index (κ2) is 7.75. The van der Waals surface area contributed by atoms with E-state index in [4.69, 9.17) is 4.74 Å². The van der Waals surface area contributed by atoms with Crippen LogP contribution in [-0.2, 0) is 6.61 Å². The lowest BCUT2D eigenvalue weighted by Gasteiger charge is -2.25. The van der Waals surface area contributed by atoms with Gasteiger partial charge in [0.1, 0.15) is 12.4 Å². The quantitative estimate of drug-likeness (QED) is 0.773. The van der Waals surface area contributed by atoms with E-state index in [2.05, 4.69) is 53.5 Å². The second-order valence-electron chi connectivity index (χ2n) is 4.97. The number of nitrogens with zero attached hydrogens (tertiary/aromatic N) is 1. The minimum atomic E-state index is 0. The molecular weight excluding hydrogens is 282 g/mol. The van der Waals surface area contributed by atoms with E-state index in [1.54, 1.807) is 0 Å². The van der Waals surface area contributed by atoms with Crippen molar-refractivity contribution in [1.82, 2.24) is 0 Å². The molecule has 1 aliphatic rings. The zero-order chi connectivity index (χ0) is 13.6. The molecule has 2 aromatic carbocycles. The van der Waals surface area contributed by atoms with E-state index in [0.29, 0.717) is 6.61 Å². The van der Waals surface area contributed by atoms with E-state index in [-0.39, 0.29) is 12.4 Å². The van der Waals surface area contributed by atoms with Gasteiger partial charge in [-0.3, -0.25) is 0 Å². The summed E-state index contributed by atoms with van der Waals surface area (Å²) < 4.78 is 5.80. The van der Waals surface area contributed by atoms with Gasteiger partial charge in [0.05, 0.1) is 0 Å². The molecule has 3 rings (SSSR count). The Hall–Kier alpha value is -1.93. The van der Waals surface area contributed by atoms with Crippen molar-refractivity contribution in [2.75, 3.05) is 18.0 Å². The van der Waals surface area contributed by atoms with Crippen LogP contribution >= 0.6 is 12.4 Å². The normalized spacial score (nSPS) is 13.6. The van der Waals surface area contributed by atoms with Crippen molar-refractivity contribution in [3.05, 3.63) is 72.3 Å². The number of ether oxygens (including phenoxy) is 1. The van der Waals surface area contributed by atoms with Crippen molar-refractivity contribution in [2.45, 2.75) is 13.0 Å². The first-order valence-electron chi connectivity index (χ1n) is 7.08. The lowest BCUT2D eigenvalue weighted by Crippen LogP contribution is -2.26. The van der Waals surface area contributed by atoms with Crippen molar-refractivity contribution in [2.24, 2.45) is 0 Å². The van der Waals surface area contributed by atoms with Crippen molar-refractivity contribution in [3.8, 4) is 5.75 Å². The van der Waals surface area contributed by atoms with E-state index in [1.807, 2.05) is 18.2 Å². The number of benzene rings is 2. The van der Waals surface area contributed by atoms with Gasteiger partial charge in [-0.15, -0.1) is 12.4 Å². The Morgan fingerprint density at radius 2 is 1.67 bits per heavy atom. The lowest BCUT2D eigenvalue weighted by atomic mass is 10.2. The van der Waals surface area contributed by atoms with Crippen LogP contribution in [0.4, 0.5) is 5.69 Å². The van der Waals surface area contributed by atoms with Gasteiger partial charge in [0.15, 0.2) is 0 Å². The lowest BCUT2D eigenvalue weighted by molar-refractivity contribution is 0.306. The smallest absolute Gasteiger partial charge is 0.119 e. The molecule has 1 aliphatic heterocycles. The van der Waals surface area contributed by atoms with Crippen LogP contribution in [0.1, 0.15) is 12.0 Å². The molecule has 0 fully saturated rings. The van der Waals surface area contributed by atoms with Crippen molar-refractivity contribution in [1.29, 1.82) is 0 Å². The van der Waals surface area contributed by atoms with Crippen LogP contribution in [-0.4, -0.2) is 13.1 Å². The summed E-state index contributed by atoms with van der Waals surface area (Å²) in [6.45, 7) is 2.72. The van der Waals surface area contributed by atoms with Crippen LogP contribution in [0.15, 0.2) is 66.7 Å². The first-order chi connectivity index (χ1) is 9.92. The monoisotopic (exact) mass is 301 g/mol. The highest BCUT2D eigenvalue weighted by Gasteiger charge is 2.07. The fraction of sp³-hybridized carbons (Fsp3) is 0.222. The molecule has 0 saturated carbocycles. The summed E-state index contributed by atoms with van der Waals surface area (Å²) in [6, 6.07) is 18.6. The third kappa shape index (κ3) is 4.27. The van der Waals surface area contributed by atoms with E-state index < -0.39 is 0 Å². The molecule has 0 aliphatic carbocycles. The van der Waals surface area contributed by atoms with Crippen LogP contribution < -0.4 is 9.64 Å². The number of halogens is 1. The zero-order valence-electron chi connectivity index (χ0n) is 11.9. The molecule has 0 atom stereocenters. The van der Waals surface area contributed by atoms with Crippen molar-refractivity contribution < 1.29 is 4.74 Å². The SMILES string of the molecule is C1=CCN(c2ccc(OCc3ccccc3)cc2)CC1.Cl. The van der Waals surface area contributed by atoms with Crippen LogP contribution in [0.25, 0.3) is 0 Å². The van der Waals surface area contributed by atoms with Gasteiger partial charge < -0.3 is 9.64 Å². The second-order valence-corrected chi connectivity index (χ2v) is 4.97. The Kier molecular flexibility index (Phi) is 5.70. The van der Waals surface area contributed by atoms with E-state index in [1.165, 1.54) is 11.3 Å². The molecule has 0 radical (unpaired) electrons. The Morgan fingerprint density at radius 1 is 0.905 bits per heavy atom. The van der Waals surface area contributed by atoms with Gasteiger partial charge in [0, 0.05) is 18.8 Å². The summed E-state index contributed by atoms with van der Waals surface area (Å²) in [6.07, 6.45) is 5.60. The van der Waals surface area contributed by atoms with Crippen LogP contribution in [0.5, 0.6) is 5.75 Å². The Morgan fingerprint density at radius 3 is 2.33 bits per heavy atom. The molecular formula is C18H20ClNO. The molecule has 2 nitrogen and oxygen atoms in total. The van der Waals surface area contributed by atoms with E-state index in [9.17, 15) is 0 Å². The molecule has 0 N–H and O–H groups in total. The number of hydrogen-bond acceptors (Lipinski definition) is 2. The van der Waals surface area contributed by atoms with E-state index in [0.717, 1.165) is 25.3 Å². The summed E-state index contributed by atoms with van der Waals surface area (Å²) in [7, 11) is 0. The van der Waals surface area contributed by atoms with Gasteiger partial charge in [-0.1, -0.05) is 42.5 Å². The third-order valence-electron chi connectivity index (χ3n) is 3.51. The first kappa shape index (κ1) is 15.5. The maximum Gasteiger partial charge on any atom is 0.119 e. The fourth-order valence-electron chi connectivity index (χ4n) is 2.37. The summed E-state index contributed by atoms with van der Waals surface area (Å²) in [5.41, 5.74) is 2.46. The highest BCUT2D eigenvalue weighted by molar-refractivity contribution is 5.85. The van der Waals surface area contributed by atoms with Crippen molar-refractivity contribution in [3.63, 3.8) is 0 Å². The highest BCUT2D eigenvalue weighted by Crippen LogP contribution is 2.21. The average molecular weight is 302 g/mol. The molecule has 0 aromatic heterocycles. The molecule has 0 unspecified atom stereocenters. The summed E-state index contributed by atoms with van der Waals surface area (Å²) in [5, 5.41) is 0. The third-order valence-corrected chi connectivity index (χ3v) is 3.51. The van der Waals surface area contributed by atoms with Gasteiger partial charge >= 0.3 is 0 Å².